The fraction of sp³-hybridized carbons (Fsp3) is 0.250. The molecule has 0 unspecified atom stereocenters. The van der Waals surface area contributed by atoms with Gasteiger partial charge in [-0.15, -0.1) is 0 Å². The van der Waals surface area contributed by atoms with Crippen molar-refractivity contribution in [3.63, 3.8) is 0 Å². The maximum atomic E-state index is 13.8. The molecule has 10 nitrogen and oxygen atoms in total. The molecule has 0 atom stereocenters. The third-order valence-electron chi connectivity index (χ3n) is 5.96. The number of ether oxygens (including phenoxy) is 1. The van der Waals surface area contributed by atoms with E-state index < -0.39 is 11.8 Å². The first-order chi connectivity index (χ1) is 16.9. The predicted octanol–water partition coefficient (Wildman–Crippen LogP) is 3.57. The molecule has 0 spiro atoms. The van der Waals surface area contributed by atoms with Gasteiger partial charge in [0.05, 0.1) is 17.5 Å². The summed E-state index contributed by atoms with van der Waals surface area (Å²) in [6.07, 6.45) is 3.19. The summed E-state index contributed by atoms with van der Waals surface area (Å²) in [7, 11) is 0. The number of halogens is 1. The average molecular weight is 538 g/mol. The third kappa shape index (κ3) is 4.52. The van der Waals surface area contributed by atoms with Crippen LogP contribution in [0.3, 0.4) is 0 Å². The Morgan fingerprint density at radius 1 is 1.20 bits per heavy atom. The Kier molecular flexibility index (Phi) is 6.27. The molecule has 35 heavy (non-hydrogen) atoms. The number of nitrogens with one attached hydrogen (secondary N) is 3. The molecule has 0 aliphatic carbocycles. The number of imidazole rings is 2. The van der Waals surface area contributed by atoms with Gasteiger partial charge in [-0.05, 0) is 62.7 Å². The van der Waals surface area contributed by atoms with Crippen LogP contribution in [0.2, 0.25) is 0 Å². The molecule has 5 N–H and O–H groups in total. The lowest BCUT2D eigenvalue weighted by atomic mass is 10.1. The first-order valence-electron chi connectivity index (χ1n) is 11.2. The molecule has 2 aromatic heterocycles. The average Bonchev–Trinajstić information content (AvgIpc) is 3.50. The van der Waals surface area contributed by atoms with E-state index in [9.17, 15) is 9.59 Å². The number of carbonyl (C=O) groups is 2. The van der Waals surface area contributed by atoms with Crippen LogP contribution in [0.5, 0.6) is 5.75 Å². The molecule has 1 fully saturated rings. The van der Waals surface area contributed by atoms with E-state index in [1.165, 1.54) is 11.2 Å². The van der Waals surface area contributed by atoms with Crippen LogP contribution in [-0.4, -0.2) is 50.9 Å². The van der Waals surface area contributed by atoms with Gasteiger partial charge >= 0.3 is 0 Å². The number of nitrogens with two attached hydrogens (primary N) is 1. The minimum Gasteiger partial charge on any atom is -0.488 e. The number of amides is 2. The van der Waals surface area contributed by atoms with E-state index in [4.69, 9.17) is 15.5 Å². The molecule has 2 aromatic carbocycles. The first-order valence-corrected chi connectivity index (χ1v) is 12.0. The monoisotopic (exact) mass is 537 g/mol. The van der Waals surface area contributed by atoms with Crippen molar-refractivity contribution >= 4 is 50.4 Å². The number of carbonyl (C=O) groups excluding carboxylic acids is 2. The zero-order valence-corrected chi connectivity index (χ0v) is 20.6. The van der Waals surface area contributed by atoms with E-state index in [1.54, 1.807) is 0 Å². The number of benzene rings is 2. The van der Waals surface area contributed by atoms with Crippen LogP contribution in [0, 0.1) is 6.92 Å². The SMILES string of the molecule is Cc1ccc(Br)cc1N(C(=O)c1nc[nH]c1C(N)=O)c1nc2cccc(OC3CCNCC3)c2[nH]1. The Morgan fingerprint density at radius 2 is 2.00 bits per heavy atom. The van der Waals surface area contributed by atoms with Gasteiger partial charge in [-0.1, -0.05) is 28.1 Å². The number of aromatic amines is 2. The van der Waals surface area contributed by atoms with Crippen molar-refractivity contribution in [1.29, 1.82) is 0 Å². The van der Waals surface area contributed by atoms with E-state index in [1.807, 2.05) is 43.3 Å². The maximum Gasteiger partial charge on any atom is 0.286 e. The summed E-state index contributed by atoms with van der Waals surface area (Å²) in [6, 6.07) is 11.2. The Morgan fingerprint density at radius 3 is 2.77 bits per heavy atom. The summed E-state index contributed by atoms with van der Waals surface area (Å²) >= 11 is 3.48. The maximum absolute atomic E-state index is 13.8. The van der Waals surface area contributed by atoms with Gasteiger partial charge in [0.25, 0.3) is 11.8 Å². The van der Waals surface area contributed by atoms with Crippen molar-refractivity contribution in [2.75, 3.05) is 18.0 Å². The van der Waals surface area contributed by atoms with Gasteiger partial charge in [0.15, 0.2) is 5.69 Å². The normalized spacial score (nSPS) is 14.2. The number of fused-ring (bicyclic) bond motifs is 1. The number of piperidine rings is 1. The number of hydrogen-bond acceptors (Lipinski definition) is 6. The highest BCUT2D eigenvalue weighted by Crippen LogP contribution is 2.34. The number of aryl methyl sites for hydroxylation is 1. The van der Waals surface area contributed by atoms with E-state index >= 15 is 0 Å². The Labute approximate surface area is 209 Å². The van der Waals surface area contributed by atoms with Crippen LogP contribution in [-0.2, 0) is 0 Å². The molecule has 5 rings (SSSR count). The lowest BCUT2D eigenvalue weighted by Gasteiger charge is -2.24. The van der Waals surface area contributed by atoms with Crippen LogP contribution in [0.1, 0.15) is 39.4 Å². The van der Waals surface area contributed by atoms with Gasteiger partial charge < -0.3 is 25.8 Å². The van der Waals surface area contributed by atoms with E-state index in [0.717, 1.165) is 36.0 Å². The van der Waals surface area contributed by atoms with Crippen LogP contribution < -0.4 is 20.7 Å². The summed E-state index contributed by atoms with van der Waals surface area (Å²) in [4.78, 5) is 41.8. The zero-order valence-electron chi connectivity index (χ0n) is 19.0. The van der Waals surface area contributed by atoms with Crippen LogP contribution in [0.25, 0.3) is 11.0 Å². The molecule has 2 amide bonds. The van der Waals surface area contributed by atoms with Gasteiger partial charge in [0.1, 0.15) is 23.1 Å². The second kappa shape index (κ2) is 9.51. The molecular formula is C24H24BrN7O3. The lowest BCUT2D eigenvalue weighted by molar-refractivity contribution is 0.0961. The van der Waals surface area contributed by atoms with E-state index in [0.29, 0.717) is 22.5 Å². The zero-order chi connectivity index (χ0) is 24.5. The van der Waals surface area contributed by atoms with Crippen molar-refractivity contribution < 1.29 is 14.3 Å². The quantitative estimate of drug-likeness (QED) is 0.296. The molecule has 11 heteroatoms. The van der Waals surface area contributed by atoms with Crippen LogP contribution in [0.4, 0.5) is 11.6 Å². The minimum absolute atomic E-state index is 0.0707. The summed E-state index contributed by atoms with van der Waals surface area (Å²) in [6.45, 7) is 3.70. The van der Waals surface area contributed by atoms with Crippen molar-refractivity contribution in [3.8, 4) is 5.75 Å². The van der Waals surface area contributed by atoms with Crippen LogP contribution in [0.15, 0.2) is 47.2 Å². The molecule has 0 saturated carbocycles. The second-order valence-electron chi connectivity index (χ2n) is 8.34. The fourth-order valence-corrected chi connectivity index (χ4v) is 4.53. The molecule has 4 aromatic rings. The minimum atomic E-state index is -0.779. The number of para-hydroxylation sites is 1. The number of nitrogens with zero attached hydrogens (tertiary/aromatic N) is 3. The molecule has 1 aliphatic heterocycles. The topological polar surface area (TPSA) is 142 Å². The molecule has 1 saturated heterocycles. The predicted molar refractivity (Wildman–Crippen MR) is 135 cm³/mol. The Hall–Kier alpha value is -3.70. The van der Waals surface area contributed by atoms with Gasteiger partial charge in [0, 0.05) is 4.47 Å². The second-order valence-corrected chi connectivity index (χ2v) is 9.26. The molecule has 0 radical (unpaired) electrons. The molecule has 1 aliphatic rings. The molecular weight excluding hydrogens is 514 g/mol. The Bertz CT molecular complexity index is 1410. The van der Waals surface area contributed by atoms with Gasteiger partial charge in [0.2, 0.25) is 5.95 Å². The summed E-state index contributed by atoms with van der Waals surface area (Å²) in [5.74, 6) is -0.393. The van der Waals surface area contributed by atoms with Crippen molar-refractivity contribution in [2.45, 2.75) is 25.9 Å². The number of anilines is 2. The van der Waals surface area contributed by atoms with E-state index in [2.05, 4.69) is 36.2 Å². The number of hydrogen-bond donors (Lipinski definition) is 4. The van der Waals surface area contributed by atoms with Gasteiger partial charge in [-0.3, -0.25) is 9.59 Å². The van der Waals surface area contributed by atoms with Crippen LogP contribution >= 0.6 is 15.9 Å². The third-order valence-corrected chi connectivity index (χ3v) is 6.46. The molecule has 0 bridgehead atoms. The molecule has 3 heterocycles. The largest absolute Gasteiger partial charge is 0.488 e. The van der Waals surface area contributed by atoms with Crippen molar-refractivity contribution in [1.82, 2.24) is 25.3 Å². The van der Waals surface area contributed by atoms with Crippen molar-refractivity contribution in [2.24, 2.45) is 5.73 Å². The Balaban J connectivity index is 1.62. The smallest absolute Gasteiger partial charge is 0.286 e. The van der Waals surface area contributed by atoms with Gasteiger partial charge in [-0.25, -0.2) is 14.9 Å². The highest BCUT2D eigenvalue weighted by atomic mass is 79.9. The standard InChI is InChI=1S/C24H24BrN7O3/c1-13-5-6-14(25)11-17(13)32(23(34)21-20(22(26)33)28-12-29-21)24-30-16-3-2-4-18(19(16)31-24)35-15-7-9-27-10-8-15/h2-6,11-12,15,27H,7-10H2,1H3,(H2,26,33)(H,28,29)(H,30,31). The summed E-state index contributed by atoms with van der Waals surface area (Å²) in [5, 5.41) is 3.33. The lowest BCUT2D eigenvalue weighted by Crippen LogP contribution is -2.34. The fourth-order valence-electron chi connectivity index (χ4n) is 4.18. The first kappa shape index (κ1) is 23.1. The van der Waals surface area contributed by atoms with Crippen molar-refractivity contribution in [3.05, 3.63) is 64.1 Å². The summed E-state index contributed by atoms with van der Waals surface area (Å²) in [5.41, 5.74) is 8.03. The highest BCUT2D eigenvalue weighted by Gasteiger charge is 2.30. The van der Waals surface area contributed by atoms with Gasteiger partial charge in [-0.2, -0.15) is 0 Å². The summed E-state index contributed by atoms with van der Waals surface area (Å²) < 4.78 is 7.07. The number of primary amides is 1. The highest BCUT2D eigenvalue weighted by molar-refractivity contribution is 9.10. The number of rotatable bonds is 6. The number of aromatic nitrogens is 4. The molecule has 180 valence electrons. The van der Waals surface area contributed by atoms with E-state index in [-0.39, 0.29) is 23.4 Å². The number of H-pyrrole nitrogens is 2.